The number of aliphatic hydroxyl groups excluding tert-OH is 1. The molecule has 4 rings (SSSR count). The quantitative estimate of drug-likeness (QED) is 0.320. The standard InChI is InChI=1S/C27H24FNO3/c1-16(2)18-9-12-21(13-10-18)29-24(19-7-5-4-6-8-19)23(26(31)27(29)32)25(30)20-11-14-22(28)17(3)15-20/h4-16,24,30H,1-3H3/b25-23-. The highest BCUT2D eigenvalue weighted by molar-refractivity contribution is 6.51. The summed E-state index contributed by atoms with van der Waals surface area (Å²) in [6.07, 6.45) is 0. The first kappa shape index (κ1) is 21.5. The Morgan fingerprint density at radius 3 is 2.22 bits per heavy atom. The Balaban J connectivity index is 1.90. The predicted octanol–water partition coefficient (Wildman–Crippen LogP) is 5.88. The van der Waals surface area contributed by atoms with Crippen LogP contribution in [0.5, 0.6) is 0 Å². The number of halogens is 1. The second-order valence-corrected chi connectivity index (χ2v) is 8.29. The van der Waals surface area contributed by atoms with Gasteiger partial charge in [-0.05, 0) is 59.9 Å². The number of nitrogens with zero attached hydrogens (tertiary/aromatic N) is 1. The molecule has 1 aliphatic rings. The van der Waals surface area contributed by atoms with Gasteiger partial charge in [-0.15, -0.1) is 0 Å². The molecule has 1 N–H and O–H groups in total. The highest BCUT2D eigenvalue weighted by Crippen LogP contribution is 2.42. The molecule has 1 atom stereocenters. The van der Waals surface area contributed by atoms with Crippen LogP contribution in [0.25, 0.3) is 5.76 Å². The lowest BCUT2D eigenvalue weighted by atomic mass is 9.94. The fourth-order valence-electron chi connectivity index (χ4n) is 4.02. The van der Waals surface area contributed by atoms with Gasteiger partial charge in [-0.3, -0.25) is 14.5 Å². The van der Waals surface area contributed by atoms with Crippen LogP contribution in [0.3, 0.4) is 0 Å². The van der Waals surface area contributed by atoms with Crippen molar-refractivity contribution in [3.05, 3.63) is 106 Å². The van der Waals surface area contributed by atoms with Crippen LogP contribution in [-0.4, -0.2) is 16.8 Å². The average molecular weight is 429 g/mol. The third-order valence-electron chi connectivity index (χ3n) is 5.83. The lowest BCUT2D eigenvalue weighted by molar-refractivity contribution is -0.132. The lowest BCUT2D eigenvalue weighted by Gasteiger charge is -2.25. The zero-order valence-electron chi connectivity index (χ0n) is 18.2. The molecular formula is C27H24FNO3. The molecule has 0 saturated carbocycles. The van der Waals surface area contributed by atoms with Gasteiger partial charge in [0, 0.05) is 11.3 Å². The first-order valence-corrected chi connectivity index (χ1v) is 10.5. The molecule has 1 amide bonds. The Morgan fingerprint density at radius 2 is 1.62 bits per heavy atom. The number of amides is 1. The van der Waals surface area contributed by atoms with Gasteiger partial charge in [-0.25, -0.2) is 4.39 Å². The number of carbonyl (C=O) groups excluding carboxylic acids is 2. The van der Waals surface area contributed by atoms with E-state index in [2.05, 4.69) is 13.8 Å². The third kappa shape index (κ3) is 3.71. The largest absolute Gasteiger partial charge is 0.507 e. The number of anilines is 1. The van der Waals surface area contributed by atoms with Crippen molar-refractivity contribution >= 4 is 23.1 Å². The van der Waals surface area contributed by atoms with Gasteiger partial charge in [0.25, 0.3) is 11.7 Å². The molecule has 0 aliphatic carbocycles. The van der Waals surface area contributed by atoms with E-state index in [1.807, 2.05) is 54.6 Å². The number of ketones is 1. The molecule has 1 heterocycles. The van der Waals surface area contributed by atoms with Crippen molar-refractivity contribution < 1.29 is 19.1 Å². The second kappa shape index (κ2) is 8.42. The van der Waals surface area contributed by atoms with Crippen LogP contribution >= 0.6 is 0 Å². The summed E-state index contributed by atoms with van der Waals surface area (Å²) in [4.78, 5) is 27.7. The van der Waals surface area contributed by atoms with Crippen LogP contribution in [0.15, 0.2) is 78.4 Å². The molecule has 162 valence electrons. The van der Waals surface area contributed by atoms with Crippen LogP contribution in [0.2, 0.25) is 0 Å². The topological polar surface area (TPSA) is 57.6 Å². The summed E-state index contributed by atoms with van der Waals surface area (Å²) >= 11 is 0. The van der Waals surface area contributed by atoms with Gasteiger partial charge in [-0.1, -0.05) is 56.3 Å². The van der Waals surface area contributed by atoms with Gasteiger partial charge in [0.2, 0.25) is 0 Å². The lowest BCUT2D eigenvalue weighted by Crippen LogP contribution is -2.29. The molecule has 1 unspecified atom stereocenters. The normalized spacial score (nSPS) is 17.9. The Bertz CT molecular complexity index is 1210. The smallest absolute Gasteiger partial charge is 0.300 e. The van der Waals surface area contributed by atoms with Crippen LogP contribution in [0, 0.1) is 12.7 Å². The number of benzene rings is 3. The third-order valence-corrected chi connectivity index (χ3v) is 5.83. The first-order valence-electron chi connectivity index (χ1n) is 10.5. The van der Waals surface area contributed by atoms with Gasteiger partial charge in [0.1, 0.15) is 11.6 Å². The molecule has 0 radical (unpaired) electrons. The zero-order chi connectivity index (χ0) is 23.0. The molecule has 3 aromatic rings. The molecule has 5 heteroatoms. The van der Waals surface area contributed by atoms with E-state index in [-0.39, 0.29) is 16.9 Å². The van der Waals surface area contributed by atoms with Crippen LogP contribution in [0.4, 0.5) is 10.1 Å². The Labute approximate surface area is 186 Å². The van der Waals surface area contributed by atoms with Crippen LogP contribution < -0.4 is 4.90 Å². The Hall–Kier alpha value is -3.73. The van der Waals surface area contributed by atoms with E-state index in [1.54, 1.807) is 6.92 Å². The van der Waals surface area contributed by atoms with E-state index in [9.17, 15) is 19.1 Å². The van der Waals surface area contributed by atoms with E-state index in [0.717, 1.165) is 5.56 Å². The zero-order valence-corrected chi connectivity index (χ0v) is 18.2. The molecular weight excluding hydrogens is 405 g/mol. The number of hydrogen-bond acceptors (Lipinski definition) is 3. The van der Waals surface area contributed by atoms with Crippen molar-refractivity contribution in [2.75, 3.05) is 4.90 Å². The predicted molar refractivity (Wildman–Crippen MR) is 123 cm³/mol. The highest BCUT2D eigenvalue weighted by Gasteiger charge is 2.46. The van der Waals surface area contributed by atoms with E-state index in [1.165, 1.54) is 23.1 Å². The molecule has 3 aromatic carbocycles. The van der Waals surface area contributed by atoms with E-state index >= 15 is 0 Å². The monoisotopic (exact) mass is 429 g/mol. The van der Waals surface area contributed by atoms with Gasteiger partial charge in [0.15, 0.2) is 0 Å². The van der Waals surface area contributed by atoms with Gasteiger partial charge < -0.3 is 5.11 Å². The number of Topliss-reactive ketones (excluding diaryl/α,β-unsaturated/α-hetero) is 1. The summed E-state index contributed by atoms with van der Waals surface area (Å²) in [5, 5.41) is 11.1. The van der Waals surface area contributed by atoms with Crippen molar-refractivity contribution in [1.82, 2.24) is 0 Å². The first-order chi connectivity index (χ1) is 15.3. The molecule has 1 fully saturated rings. The minimum atomic E-state index is -0.800. The number of carbonyl (C=O) groups is 2. The van der Waals surface area contributed by atoms with Crippen molar-refractivity contribution in [2.45, 2.75) is 32.7 Å². The van der Waals surface area contributed by atoms with Gasteiger partial charge in [0.05, 0.1) is 11.6 Å². The van der Waals surface area contributed by atoms with E-state index in [4.69, 9.17) is 0 Å². The summed E-state index contributed by atoms with van der Waals surface area (Å²) in [5.41, 5.74) is 2.99. The van der Waals surface area contributed by atoms with Crippen molar-refractivity contribution in [2.24, 2.45) is 0 Å². The Morgan fingerprint density at radius 1 is 0.969 bits per heavy atom. The summed E-state index contributed by atoms with van der Waals surface area (Å²) in [6, 6.07) is 19.9. The summed E-state index contributed by atoms with van der Waals surface area (Å²) in [5.74, 6) is -1.89. The van der Waals surface area contributed by atoms with Crippen molar-refractivity contribution in [3.63, 3.8) is 0 Å². The average Bonchev–Trinajstić information content (AvgIpc) is 3.06. The maximum absolute atomic E-state index is 13.8. The maximum Gasteiger partial charge on any atom is 0.300 e. The number of hydrogen-bond donors (Lipinski definition) is 1. The van der Waals surface area contributed by atoms with Gasteiger partial charge in [-0.2, -0.15) is 0 Å². The minimum Gasteiger partial charge on any atom is -0.507 e. The molecule has 4 nitrogen and oxygen atoms in total. The molecule has 1 saturated heterocycles. The summed E-state index contributed by atoms with van der Waals surface area (Å²) in [7, 11) is 0. The van der Waals surface area contributed by atoms with Crippen molar-refractivity contribution in [1.29, 1.82) is 0 Å². The fourth-order valence-corrected chi connectivity index (χ4v) is 4.02. The molecule has 32 heavy (non-hydrogen) atoms. The van der Waals surface area contributed by atoms with Gasteiger partial charge >= 0.3 is 0 Å². The van der Waals surface area contributed by atoms with Crippen LogP contribution in [-0.2, 0) is 9.59 Å². The second-order valence-electron chi connectivity index (χ2n) is 8.29. The van der Waals surface area contributed by atoms with Crippen molar-refractivity contribution in [3.8, 4) is 0 Å². The number of aryl methyl sites for hydroxylation is 1. The summed E-state index contributed by atoms with van der Waals surface area (Å²) in [6.45, 7) is 5.74. The van der Waals surface area contributed by atoms with E-state index < -0.39 is 23.5 Å². The fraction of sp³-hybridized carbons (Fsp3) is 0.185. The highest BCUT2D eigenvalue weighted by atomic mass is 19.1. The molecule has 0 spiro atoms. The number of rotatable bonds is 4. The summed E-state index contributed by atoms with van der Waals surface area (Å²) < 4.78 is 13.8. The SMILES string of the molecule is Cc1cc(/C(O)=C2/C(=O)C(=O)N(c3ccc(C(C)C)cc3)C2c2ccccc2)ccc1F. The Kier molecular flexibility index (Phi) is 5.66. The maximum atomic E-state index is 13.8. The minimum absolute atomic E-state index is 0.0138. The molecule has 1 aliphatic heterocycles. The van der Waals surface area contributed by atoms with Crippen LogP contribution in [0.1, 0.15) is 48.1 Å². The van der Waals surface area contributed by atoms with E-state index in [0.29, 0.717) is 22.7 Å². The molecule has 0 aromatic heterocycles. The molecule has 0 bridgehead atoms. The number of aliphatic hydroxyl groups is 1.